The zero-order chi connectivity index (χ0) is 31.7. The first kappa shape index (κ1) is 35.2. The van der Waals surface area contributed by atoms with Gasteiger partial charge in [-0.1, -0.05) is 63.4 Å². The predicted octanol–water partition coefficient (Wildman–Crippen LogP) is 4.21. The van der Waals surface area contributed by atoms with Crippen LogP contribution >= 0.6 is 11.8 Å². The van der Waals surface area contributed by atoms with Crippen molar-refractivity contribution in [3.05, 3.63) is 45.0 Å². The average Bonchev–Trinajstić information content (AvgIpc) is 3.47. The molecule has 2 saturated heterocycles. The van der Waals surface area contributed by atoms with E-state index >= 15 is 0 Å². The van der Waals surface area contributed by atoms with Gasteiger partial charge in [-0.25, -0.2) is 4.79 Å². The molecule has 3 atom stereocenters. The maximum atomic E-state index is 13.2. The summed E-state index contributed by atoms with van der Waals surface area (Å²) < 4.78 is 0. The second-order valence-electron chi connectivity index (χ2n) is 12.5. The second kappa shape index (κ2) is 13.4. The van der Waals surface area contributed by atoms with Crippen LogP contribution in [-0.4, -0.2) is 76.3 Å². The molecule has 3 aliphatic heterocycles. The number of urea groups is 1. The summed E-state index contributed by atoms with van der Waals surface area (Å²) in [6.07, 6.45) is 2.51. The van der Waals surface area contributed by atoms with Crippen molar-refractivity contribution in [2.75, 3.05) is 12.3 Å². The minimum Gasteiger partial charge on any atom is -0.643 e. The van der Waals surface area contributed by atoms with Crippen LogP contribution in [0.2, 0.25) is 0 Å². The van der Waals surface area contributed by atoms with E-state index in [0.29, 0.717) is 11.8 Å². The number of nitrogens with zero attached hydrogens (tertiary/aromatic N) is 4. The first-order valence-electron chi connectivity index (χ1n) is 14.2. The van der Waals surface area contributed by atoms with E-state index in [2.05, 4.69) is 37.2 Å². The van der Waals surface area contributed by atoms with Gasteiger partial charge < -0.3 is 56.4 Å². The van der Waals surface area contributed by atoms with Gasteiger partial charge in [0.1, 0.15) is 0 Å². The molecule has 4 rings (SSSR count). The fourth-order valence-electron chi connectivity index (χ4n) is 4.73. The number of thioether (sulfide) groups is 1. The van der Waals surface area contributed by atoms with E-state index in [1.807, 2.05) is 11.8 Å². The van der Waals surface area contributed by atoms with Crippen molar-refractivity contribution in [1.82, 2.24) is 16.0 Å². The molecule has 1 aromatic rings. The van der Waals surface area contributed by atoms with Crippen LogP contribution in [0.3, 0.4) is 0 Å². The summed E-state index contributed by atoms with van der Waals surface area (Å²) in [5.74, 6) is -2.86. The smallest absolute Gasteiger partial charge is 0.315 e. The van der Waals surface area contributed by atoms with E-state index in [4.69, 9.17) is 0 Å². The molecule has 0 saturated carbocycles. The summed E-state index contributed by atoms with van der Waals surface area (Å²) in [6.45, 7) is 8.64. The first-order valence-corrected chi connectivity index (χ1v) is 15.2. The van der Waals surface area contributed by atoms with E-state index in [9.17, 15) is 28.8 Å². The molecule has 7 amide bonds. The van der Waals surface area contributed by atoms with Gasteiger partial charge in [-0.05, 0) is 26.7 Å². The van der Waals surface area contributed by atoms with Crippen molar-refractivity contribution in [2.45, 2.75) is 89.2 Å². The Hall–Kier alpha value is -3.30. The zero-order valence-electron chi connectivity index (χ0n) is 25.5. The maximum absolute atomic E-state index is 13.2. The molecule has 2 fully saturated rings. The Morgan fingerprint density at radius 1 is 0.864 bits per heavy atom. The van der Waals surface area contributed by atoms with Crippen LogP contribution in [-0.2, 0) is 36.0 Å². The van der Waals surface area contributed by atoms with Gasteiger partial charge in [-0.2, -0.15) is 11.8 Å². The van der Waals surface area contributed by atoms with Gasteiger partial charge in [-0.3, -0.25) is 4.79 Å². The second-order valence-corrected chi connectivity index (χ2v) is 13.8. The maximum Gasteiger partial charge on any atom is 0.315 e. The van der Waals surface area contributed by atoms with Crippen LogP contribution in [0.5, 0.6) is 0 Å². The Morgan fingerprint density at radius 3 is 2.07 bits per heavy atom. The Kier molecular flexibility index (Phi) is 10.7. The molecule has 1 aromatic carbocycles. The van der Waals surface area contributed by atoms with E-state index in [-0.39, 0.29) is 51.8 Å². The Balaban J connectivity index is 0.00000529. The zero-order valence-corrected chi connectivity index (χ0v) is 27.3. The molecule has 1 radical (unpaired) electrons. The summed E-state index contributed by atoms with van der Waals surface area (Å²) >= 11 is 1.84. The summed E-state index contributed by atoms with van der Waals surface area (Å²) in [6, 6.07) is 4.39. The third-order valence-electron chi connectivity index (χ3n) is 7.70. The van der Waals surface area contributed by atoms with E-state index in [1.54, 1.807) is 0 Å². The Labute approximate surface area is 271 Å². The SMILES string of the molecule is CC1(C)[N-]C(=O)C(C)(C)C(=O)[N-]C(C)(C)C(=O)[N-]c2cc(C(=O)NCCCC[C@@H]3SC[C@@H]4NC(=O)N[C@@H]43)ccc2[N-]C1=O.[Co]. The van der Waals surface area contributed by atoms with Crippen molar-refractivity contribution < 1.29 is 45.5 Å². The van der Waals surface area contributed by atoms with Gasteiger partial charge in [0, 0.05) is 57.1 Å². The molecule has 44 heavy (non-hydrogen) atoms. The van der Waals surface area contributed by atoms with Gasteiger partial charge in [-0.15, -0.1) is 11.4 Å². The summed E-state index contributed by atoms with van der Waals surface area (Å²) in [4.78, 5) is 76.7. The van der Waals surface area contributed by atoms with Crippen molar-refractivity contribution in [3.8, 4) is 0 Å². The fourth-order valence-corrected chi connectivity index (χ4v) is 6.28. The molecule has 0 aliphatic carbocycles. The average molecular weight is 671 g/mol. The van der Waals surface area contributed by atoms with Gasteiger partial charge in [0.15, 0.2) is 0 Å². The molecular weight excluding hydrogens is 633 g/mol. The Morgan fingerprint density at radius 2 is 1.45 bits per heavy atom. The molecule has 3 aliphatic rings. The number of fused-ring (bicyclic) bond motifs is 2. The number of carbonyl (C=O) groups excluding carboxylic acids is 6. The molecule has 3 heterocycles. The number of nitrogens with one attached hydrogen (secondary N) is 3. The number of benzene rings is 1. The van der Waals surface area contributed by atoms with E-state index in [1.165, 1.54) is 59.7 Å². The van der Waals surface area contributed by atoms with Gasteiger partial charge >= 0.3 is 6.03 Å². The summed E-state index contributed by atoms with van der Waals surface area (Å²) in [5.41, 5.74) is -4.83. The fraction of sp³-hybridized carbons (Fsp3) is 0.586. The molecular formula is C29H37CoN7O6S-4. The van der Waals surface area contributed by atoms with Crippen molar-refractivity contribution in [2.24, 2.45) is 5.41 Å². The summed E-state index contributed by atoms with van der Waals surface area (Å²) in [5, 5.41) is 25.2. The van der Waals surface area contributed by atoms with E-state index in [0.717, 1.165) is 25.0 Å². The molecule has 0 unspecified atom stereocenters. The van der Waals surface area contributed by atoms with Crippen LogP contribution in [0.1, 0.15) is 71.2 Å². The topological polar surface area (TPSA) is 195 Å². The number of carbonyl (C=O) groups is 6. The van der Waals surface area contributed by atoms with Crippen molar-refractivity contribution >= 4 is 58.7 Å². The minimum absolute atomic E-state index is 0. The molecule has 3 N–H and O–H groups in total. The first-order chi connectivity index (χ1) is 20.0. The van der Waals surface area contributed by atoms with Crippen LogP contribution in [0.15, 0.2) is 18.2 Å². The van der Waals surface area contributed by atoms with Crippen LogP contribution in [0.4, 0.5) is 16.2 Å². The number of rotatable bonds is 6. The molecule has 15 heteroatoms. The molecule has 0 bridgehead atoms. The molecule has 0 spiro atoms. The number of unbranched alkanes of at least 4 members (excludes halogenated alkanes) is 1. The largest absolute Gasteiger partial charge is 0.643 e. The normalized spacial score (nSPS) is 25.4. The molecule has 0 aromatic heterocycles. The van der Waals surface area contributed by atoms with Crippen LogP contribution < -0.4 is 16.0 Å². The van der Waals surface area contributed by atoms with Gasteiger partial charge in [0.2, 0.25) is 0 Å². The standard InChI is InChI=1S/C29H41N7O6S.Co/c1-27(2)22(38)35-28(3,4)24(40)31-16-11-10-15(13-17(16)32-25(41)29(5,6)36-23(27)39)21(37)30-12-8-7-9-19-20-18(14-43-19)33-26(42)34-20;/h10-11,13,18-20H,7-9,12,14H2,1-6H3,(H7,30,31,32,33,34,35,36,37,38,39,40,41,42);/p-4/t18-,19-,20-;/m0./s1. The number of amides is 7. The van der Waals surface area contributed by atoms with Crippen LogP contribution in [0.25, 0.3) is 21.3 Å². The van der Waals surface area contributed by atoms with E-state index < -0.39 is 46.0 Å². The Bertz CT molecular complexity index is 1350. The summed E-state index contributed by atoms with van der Waals surface area (Å²) in [7, 11) is 0. The monoisotopic (exact) mass is 670 g/mol. The van der Waals surface area contributed by atoms with Crippen molar-refractivity contribution in [1.29, 1.82) is 0 Å². The van der Waals surface area contributed by atoms with Crippen molar-refractivity contribution in [3.63, 3.8) is 0 Å². The van der Waals surface area contributed by atoms with Gasteiger partial charge in [0.25, 0.3) is 5.91 Å². The predicted molar refractivity (Wildman–Crippen MR) is 163 cm³/mol. The van der Waals surface area contributed by atoms with Crippen LogP contribution in [0, 0.1) is 5.41 Å². The van der Waals surface area contributed by atoms with Gasteiger partial charge in [0.05, 0.1) is 23.9 Å². The third kappa shape index (κ3) is 7.67. The molecule has 243 valence electrons. The third-order valence-corrected chi connectivity index (χ3v) is 9.21. The quantitative estimate of drug-likeness (QED) is 0.229. The minimum atomic E-state index is -1.72. The number of hydrogen-bond acceptors (Lipinski definition) is 7. The molecule has 13 nitrogen and oxygen atoms in total. The number of hydrogen-bond donors (Lipinski definition) is 3.